The van der Waals surface area contributed by atoms with Crippen LogP contribution in [0.2, 0.25) is 0 Å². The van der Waals surface area contributed by atoms with Gasteiger partial charge in [-0.25, -0.2) is 4.79 Å². The summed E-state index contributed by atoms with van der Waals surface area (Å²) in [5.74, 6) is 0.486. The number of benzene rings is 1. The van der Waals surface area contributed by atoms with E-state index in [0.717, 1.165) is 24.3 Å². The summed E-state index contributed by atoms with van der Waals surface area (Å²) in [5.41, 5.74) is 1.82. The highest BCUT2D eigenvalue weighted by atomic mass is 16.5. The Morgan fingerprint density at radius 1 is 1.18 bits per heavy atom. The summed E-state index contributed by atoms with van der Waals surface area (Å²) in [6.07, 6.45) is 6.60. The molecule has 1 aromatic carbocycles. The highest BCUT2D eigenvalue weighted by Crippen LogP contribution is 2.38. The predicted octanol–water partition coefficient (Wildman–Crippen LogP) is 4.50. The number of hydrogen-bond acceptors (Lipinski definition) is 3. The first-order valence-corrected chi connectivity index (χ1v) is 8.12. The van der Waals surface area contributed by atoms with Crippen molar-refractivity contribution < 1.29 is 9.53 Å². The van der Waals surface area contributed by atoms with E-state index in [1.54, 1.807) is 6.07 Å². The molecular weight excluding hydrogens is 274 g/mol. The first-order chi connectivity index (χ1) is 10.4. The summed E-state index contributed by atoms with van der Waals surface area (Å²) in [4.78, 5) is 16.5. The van der Waals surface area contributed by atoms with Gasteiger partial charge in [-0.3, -0.25) is 4.99 Å². The summed E-state index contributed by atoms with van der Waals surface area (Å²) < 4.78 is 4.82. The predicted molar refractivity (Wildman–Crippen MR) is 90.6 cm³/mol. The van der Waals surface area contributed by atoms with Gasteiger partial charge in [0.15, 0.2) is 0 Å². The molecule has 0 aliphatic heterocycles. The van der Waals surface area contributed by atoms with Crippen LogP contribution in [0.3, 0.4) is 0 Å². The molecule has 0 heterocycles. The molecule has 1 aliphatic carbocycles. The lowest BCUT2D eigenvalue weighted by molar-refractivity contribution is 0.0600. The maximum absolute atomic E-state index is 11.8. The van der Waals surface area contributed by atoms with Crippen LogP contribution in [0.5, 0.6) is 0 Å². The molecule has 0 radical (unpaired) electrons. The van der Waals surface area contributed by atoms with Crippen LogP contribution < -0.4 is 0 Å². The second-order valence-corrected chi connectivity index (χ2v) is 7.23. The molecule has 0 spiro atoms. The van der Waals surface area contributed by atoms with Gasteiger partial charge >= 0.3 is 5.97 Å². The number of ether oxygens (including phenoxy) is 1. The molecule has 0 aromatic heterocycles. The molecule has 0 atom stereocenters. The number of nitrogens with zero attached hydrogens (tertiary/aromatic N) is 1. The SMILES string of the molecule is COC(=O)c1ccccc1C=NC1CCC(C(C)(C)C)CC1. The molecule has 2 rings (SSSR count). The molecule has 0 saturated heterocycles. The fraction of sp³-hybridized carbons (Fsp3) is 0.579. The van der Waals surface area contributed by atoms with E-state index < -0.39 is 0 Å². The maximum atomic E-state index is 11.8. The molecule has 0 bridgehead atoms. The van der Waals surface area contributed by atoms with Crippen LogP contribution in [0, 0.1) is 11.3 Å². The van der Waals surface area contributed by atoms with E-state index in [-0.39, 0.29) is 5.97 Å². The summed E-state index contributed by atoms with van der Waals surface area (Å²) >= 11 is 0. The first kappa shape index (κ1) is 16.7. The lowest BCUT2D eigenvalue weighted by Crippen LogP contribution is -2.27. The third-order valence-corrected chi connectivity index (χ3v) is 4.71. The summed E-state index contributed by atoms with van der Waals surface area (Å²) in [7, 11) is 1.41. The number of carbonyl (C=O) groups excluding carboxylic acids is 1. The van der Waals surface area contributed by atoms with Crippen molar-refractivity contribution in [3.05, 3.63) is 35.4 Å². The zero-order chi connectivity index (χ0) is 16.2. The van der Waals surface area contributed by atoms with Crippen molar-refractivity contribution >= 4 is 12.2 Å². The van der Waals surface area contributed by atoms with Gasteiger partial charge in [-0.2, -0.15) is 0 Å². The van der Waals surface area contributed by atoms with Crippen molar-refractivity contribution in [2.24, 2.45) is 16.3 Å². The Morgan fingerprint density at radius 2 is 1.82 bits per heavy atom. The van der Waals surface area contributed by atoms with Crippen molar-refractivity contribution in [1.29, 1.82) is 0 Å². The second-order valence-electron chi connectivity index (χ2n) is 7.23. The highest BCUT2D eigenvalue weighted by Gasteiger charge is 2.29. The van der Waals surface area contributed by atoms with Crippen molar-refractivity contribution in [1.82, 2.24) is 0 Å². The molecule has 1 saturated carbocycles. The average Bonchev–Trinajstić information content (AvgIpc) is 2.52. The van der Waals surface area contributed by atoms with Gasteiger partial charge in [0.1, 0.15) is 0 Å². The van der Waals surface area contributed by atoms with Crippen LogP contribution in [-0.2, 0) is 4.74 Å². The van der Waals surface area contributed by atoms with E-state index >= 15 is 0 Å². The summed E-state index contributed by atoms with van der Waals surface area (Å²) in [6.45, 7) is 6.98. The summed E-state index contributed by atoms with van der Waals surface area (Å²) in [6, 6.07) is 7.84. The smallest absolute Gasteiger partial charge is 0.338 e. The molecule has 3 heteroatoms. The van der Waals surface area contributed by atoms with Crippen LogP contribution in [-0.4, -0.2) is 25.3 Å². The lowest BCUT2D eigenvalue weighted by atomic mass is 9.71. The van der Waals surface area contributed by atoms with Gasteiger partial charge < -0.3 is 4.74 Å². The van der Waals surface area contributed by atoms with Crippen molar-refractivity contribution in [3.8, 4) is 0 Å². The zero-order valence-corrected chi connectivity index (χ0v) is 14.1. The third kappa shape index (κ3) is 4.19. The number of carbonyl (C=O) groups is 1. The molecule has 1 aromatic rings. The van der Waals surface area contributed by atoms with Crippen LogP contribution >= 0.6 is 0 Å². The third-order valence-electron chi connectivity index (χ3n) is 4.71. The van der Waals surface area contributed by atoms with E-state index in [1.165, 1.54) is 20.0 Å². The Labute approximate surface area is 133 Å². The molecule has 0 amide bonds. The highest BCUT2D eigenvalue weighted by molar-refractivity contribution is 5.99. The largest absolute Gasteiger partial charge is 0.465 e. The Bertz CT molecular complexity index is 535. The minimum Gasteiger partial charge on any atom is -0.465 e. The van der Waals surface area contributed by atoms with Gasteiger partial charge in [-0.15, -0.1) is 0 Å². The van der Waals surface area contributed by atoms with Gasteiger partial charge in [-0.05, 0) is 43.1 Å². The standard InChI is InChI=1S/C19H27NO2/c1-19(2,3)15-9-11-16(12-10-15)20-13-14-7-5-6-8-17(14)18(21)22-4/h5-8,13,15-16H,9-12H2,1-4H3. The molecule has 0 unspecified atom stereocenters. The fourth-order valence-corrected chi connectivity index (χ4v) is 3.18. The second kappa shape index (κ2) is 7.08. The normalized spacial score (nSPS) is 22.7. The Kier molecular flexibility index (Phi) is 5.38. The van der Waals surface area contributed by atoms with E-state index in [2.05, 4.69) is 20.8 Å². The van der Waals surface area contributed by atoms with Gasteiger partial charge in [0, 0.05) is 17.8 Å². The van der Waals surface area contributed by atoms with Crippen molar-refractivity contribution in [3.63, 3.8) is 0 Å². The number of esters is 1. The Morgan fingerprint density at radius 3 is 2.41 bits per heavy atom. The van der Waals surface area contributed by atoms with E-state index in [9.17, 15) is 4.79 Å². The lowest BCUT2D eigenvalue weighted by Gasteiger charge is -2.35. The molecule has 0 N–H and O–H groups in total. The number of aliphatic imine (C=N–C) groups is 1. The topological polar surface area (TPSA) is 38.7 Å². The molecule has 1 fully saturated rings. The number of hydrogen-bond donors (Lipinski definition) is 0. The van der Waals surface area contributed by atoms with Gasteiger partial charge in [0.25, 0.3) is 0 Å². The monoisotopic (exact) mass is 301 g/mol. The molecular formula is C19H27NO2. The molecule has 3 nitrogen and oxygen atoms in total. The number of rotatable bonds is 3. The Balaban J connectivity index is 2.01. The quantitative estimate of drug-likeness (QED) is 0.609. The molecule has 1 aliphatic rings. The van der Waals surface area contributed by atoms with Crippen molar-refractivity contribution in [2.45, 2.75) is 52.5 Å². The van der Waals surface area contributed by atoms with Crippen LogP contribution in [0.1, 0.15) is 62.4 Å². The van der Waals surface area contributed by atoms with Gasteiger partial charge in [0.2, 0.25) is 0 Å². The minimum absolute atomic E-state index is 0.307. The molecule has 22 heavy (non-hydrogen) atoms. The Hall–Kier alpha value is -1.64. The van der Waals surface area contributed by atoms with Crippen LogP contribution in [0.15, 0.2) is 29.3 Å². The van der Waals surface area contributed by atoms with Gasteiger partial charge in [0.05, 0.1) is 12.7 Å². The summed E-state index contributed by atoms with van der Waals surface area (Å²) in [5, 5.41) is 0. The van der Waals surface area contributed by atoms with Crippen molar-refractivity contribution in [2.75, 3.05) is 7.11 Å². The van der Waals surface area contributed by atoms with Gasteiger partial charge in [-0.1, -0.05) is 39.0 Å². The number of methoxy groups -OCH3 is 1. The minimum atomic E-state index is -0.307. The van der Waals surface area contributed by atoms with E-state index in [1.807, 2.05) is 24.4 Å². The van der Waals surface area contributed by atoms with E-state index in [4.69, 9.17) is 9.73 Å². The maximum Gasteiger partial charge on any atom is 0.338 e. The van der Waals surface area contributed by atoms with Crippen LogP contribution in [0.25, 0.3) is 0 Å². The van der Waals surface area contributed by atoms with Crippen LogP contribution in [0.4, 0.5) is 0 Å². The molecule has 120 valence electrons. The fourth-order valence-electron chi connectivity index (χ4n) is 3.18. The van der Waals surface area contributed by atoms with E-state index in [0.29, 0.717) is 17.0 Å². The average molecular weight is 301 g/mol. The zero-order valence-electron chi connectivity index (χ0n) is 14.1. The first-order valence-electron chi connectivity index (χ1n) is 8.12.